The van der Waals surface area contributed by atoms with Crippen LogP contribution in [0.3, 0.4) is 0 Å². The number of carbonyl (C=O) groups is 2. The number of benzene rings is 2. The number of aliphatic carboxylic acids is 1. The predicted octanol–water partition coefficient (Wildman–Crippen LogP) is 3.96. The summed E-state index contributed by atoms with van der Waals surface area (Å²) in [5.41, 5.74) is 1.88. The molecule has 1 atom stereocenters. The Morgan fingerprint density at radius 3 is 2.46 bits per heavy atom. The van der Waals surface area contributed by atoms with Crippen molar-refractivity contribution in [1.82, 2.24) is 5.32 Å². The third-order valence-corrected chi connectivity index (χ3v) is 5.17. The summed E-state index contributed by atoms with van der Waals surface area (Å²) in [4.78, 5) is 23.9. The Hall–Kier alpha value is -2.82. The molecule has 1 fully saturated rings. The number of amides is 1. The van der Waals surface area contributed by atoms with Crippen LogP contribution in [0.4, 0.5) is 0 Å². The standard InChI is InChI=1S/C23H27NO4/c25-22(15-17-7-4-5-8-17)24-21(23(26)27)14-19-11-6-12-20(13-19)28-16-18-9-2-1-3-10-18/h1-3,6,9-13,17,21H,4-5,7-8,14-16H2,(H,24,25)(H,26,27)/t21-/m1/s1. The number of rotatable bonds is 9. The van der Waals surface area contributed by atoms with E-state index in [1.165, 1.54) is 0 Å². The van der Waals surface area contributed by atoms with Gasteiger partial charge >= 0.3 is 5.97 Å². The summed E-state index contributed by atoms with van der Waals surface area (Å²) in [7, 11) is 0. The molecule has 0 aliphatic heterocycles. The Kier molecular flexibility index (Phi) is 7.06. The summed E-state index contributed by atoms with van der Waals surface area (Å²) >= 11 is 0. The van der Waals surface area contributed by atoms with Crippen molar-refractivity contribution in [3.05, 3.63) is 65.7 Å². The monoisotopic (exact) mass is 381 g/mol. The normalized spacial score (nSPS) is 15.1. The minimum atomic E-state index is -1.02. The molecule has 5 heteroatoms. The van der Waals surface area contributed by atoms with E-state index < -0.39 is 12.0 Å². The summed E-state index contributed by atoms with van der Waals surface area (Å²) in [6.45, 7) is 0.449. The second-order valence-electron chi connectivity index (χ2n) is 7.44. The Bertz CT molecular complexity index is 784. The van der Waals surface area contributed by atoms with Crippen LogP contribution in [-0.2, 0) is 22.6 Å². The molecule has 2 aromatic carbocycles. The molecule has 1 aliphatic carbocycles. The van der Waals surface area contributed by atoms with Crippen molar-refractivity contribution < 1.29 is 19.4 Å². The maximum Gasteiger partial charge on any atom is 0.326 e. The largest absolute Gasteiger partial charge is 0.489 e. The minimum Gasteiger partial charge on any atom is -0.489 e. The van der Waals surface area contributed by atoms with Crippen LogP contribution < -0.4 is 10.1 Å². The minimum absolute atomic E-state index is 0.171. The summed E-state index contributed by atoms with van der Waals surface area (Å²) in [5, 5.41) is 12.2. The van der Waals surface area contributed by atoms with Crippen molar-refractivity contribution in [2.24, 2.45) is 5.92 Å². The molecule has 0 unspecified atom stereocenters. The van der Waals surface area contributed by atoms with E-state index in [4.69, 9.17) is 4.74 Å². The molecule has 28 heavy (non-hydrogen) atoms. The van der Waals surface area contributed by atoms with Gasteiger partial charge in [0.15, 0.2) is 0 Å². The van der Waals surface area contributed by atoms with Gasteiger partial charge in [0, 0.05) is 12.8 Å². The van der Waals surface area contributed by atoms with Gasteiger partial charge in [-0.15, -0.1) is 0 Å². The summed E-state index contributed by atoms with van der Waals surface area (Å²) in [6, 6.07) is 16.3. The van der Waals surface area contributed by atoms with Crippen LogP contribution in [-0.4, -0.2) is 23.0 Å². The van der Waals surface area contributed by atoms with Crippen LogP contribution in [0.1, 0.15) is 43.2 Å². The van der Waals surface area contributed by atoms with Crippen molar-refractivity contribution in [2.45, 2.75) is 51.2 Å². The molecule has 148 valence electrons. The first-order valence-electron chi connectivity index (χ1n) is 9.88. The SMILES string of the molecule is O=C(CC1CCCC1)N[C@H](Cc1cccc(OCc2ccccc2)c1)C(=O)O. The number of ether oxygens (including phenoxy) is 1. The molecule has 1 aliphatic rings. The van der Waals surface area contributed by atoms with E-state index in [1.807, 2.05) is 54.6 Å². The van der Waals surface area contributed by atoms with Gasteiger partial charge in [-0.2, -0.15) is 0 Å². The van der Waals surface area contributed by atoms with Gasteiger partial charge in [0.05, 0.1) is 0 Å². The molecule has 0 radical (unpaired) electrons. The lowest BCUT2D eigenvalue weighted by Crippen LogP contribution is -2.42. The quantitative estimate of drug-likeness (QED) is 0.689. The number of carboxylic acid groups (broad SMARTS) is 1. The zero-order valence-corrected chi connectivity index (χ0v) is 16.0. The Morgan fingerprint density at radius 2 is 1.75 bits per heavy atom. The van der Waals surface area contributed by atoms with Crippen LogP contribution in [0.25, 0.3) is 0 Å². The number of hydrogen-bond acceptors (Lipinski definition) is 3. The first-order valence-corrected chi connectivity index (χ1v) is 9.88. The van der Waals surface area contributed by atoms with Crippen molar-refractivity contribution >= 4 is 11.9 Å². The molecular formula is C23H27NO4. The maximum atomic E-state index is 12.2. The van der Waals surface area contributed by atoms with Gasteiger partial charge in [-0.1, -0.05) is 55.3 Å². The predicted molar refractivity (Wildman–Crippen MR) is 107 cm³/mol. The van der Waals surface area contributed by atoms with E-state index in [9.17, 15) is 14.7 Å². The van der Waals surface area contributed by atoms with Gasteiger partial charge in [-0.25, -0.2) is 4.79 Å². The van der Waals surface area contributed by atoms with Crippen LogP contribution in [0.2, 0.25) is 0 Å². The van der Waals surface area contributed by atoms with E-state index in [-0.39, 0.29) is 12.3 Å². The Balaban J connectivity index is 1.56. The molecule has 1 saturated carbocycles. The lowest BCUT2D eigenvalue weighted by atomic mass is 10.0. The molecule has 3 rings (SSSR count). The highest BCUT2D eigenvalue weighted by Crippen LogP contribution is 2.27. The molecule has 5 nitrogen and oxygen atoms in total. The summed E-state index contributed by atoms with van der Waals surface area (Å²) < 4.78 is 5.81. The van der Waals surface area contributed by atoms with Gasteiger partial charge < -0.3 is 15.2 Å². The molecule has 0 heterocycles. The lowest BCUT2D eigenvalue weighted by Gasteiger charge is -2.17. The molecule has 1 amide bonds. The summed E-state index contributed by atoms with van der Waals surface area (Å²) in [5.74, 6) is -0.113. The van der Waals surface area contributed by atoms with E-state index in [0.29, 0.717) is 24.7 Å². The van der Waals surface area contributed by atoms with E-state index in [1.54, 1.807) is 0 Å². The molecule has 0 spiro atoms. The smallest absolute Gasteiger partial charge is 0.326 e. The van der Waals surface area contributed by atoms with Gasteiger partial charge in [0.2, 0.25) is 5.91 Å². The zero-order valence-electron chi connectivity index (χ0n) is 16.0. The summed E-state index contributed by atoms with van der Waals surface area (Å²) in [6.07, 6.45) is 5.10. The first-order chi connectivity index (χ1) is 13.6. The topological polar surface area (TPSA) is 75.6 Å². The second-order valence-corrected chi connectivity index (χ2v) is 7.44. The van der Waals surface area contributed by atoms with E-state index in [0.717, 1.165) is 36.8 Å². The third-order valence-electron chi connectivity index (χ3n) is 5.17. The van der Waals surface area contributed by atoms with Gasteiger partial charge in [-0.05, 0) is 42.0 Å². The highest BCUT2D eigenvalue weighted by Gasteiger charge is 2.24. The van der Waals surface area contributed by atoms with Gasteiger partial charge in [0.25, 0.3) is 0 Å². The van der Waals surface area contributed by atoms with Crippen molar-refractivity contribution in [3.8, 4) is 5.75 Å². The lowest BCUT2D eigenvalue weighted by molar-refractivity contribution is -0.141. The molecule has 0 aromatic heterocycles. The second kappa shape index (κ2) is 9.93. The Morgan fingerprint density at radius 1 is 1.04 bits per heavy atom. The number of nitrogens with one attached hydrogen (secondary N) is 1. The van der Waals surface area contributed by atoms with Crippen LogP contribution in [0, 0.1) is 5.92 Å². The van der Waals surface area contributed by atoms with Gasteiger partial charge in [0.1, 0.15) is 18.4 Å². The molecule has 2 aromatic rings. The fourth-order valence-corrected chi connectivity index (χ4v) is 3.67. The van der Waals surface area contributed by atoms with Crippen molar-refractivity contribution in [2.75, 3.05) is 0 Å². The molecule has 2 N–H and O–H groups in total. The average molecular weight is 381 g/mol. The average Bonchev–Trinajstić information content (AvgIpc) is 3.20. The third kappa shape index (κ3) is 6.12. The van der Waals surface area contributed by atoms with Crippen LogP contribution >= 0.6 is 0 Å². The highest BCUT2D eigenvalue weighted by atomic mass is 16.5. The fraction of sp³-hybridized carbons (Fsp3) is 0.391. The molecule has 0 bridgehead atoms. The van der Waals surface area contributed by atoms with E-state index >= 15 is 0 Å². The number of carboxylic acids is 1. The van der Waals surface area contributed by atoms with Gasteiger partial charge in [-0.3, -0.25) is 4.79 Å². The highest BCUT2D eigenvalue weighted by molar-refractivity contribution is 5.83. The van der Waals surface area contributed by atoms with Crippen molar-refractivity contribution in [1.29, 1.82) is 0 Å². The fourth-order valence-electron chi connectivity index (χ4n) is 3.67. The van der Waals surface area contributed by atoms with Crippen molar-refractivity contribution in [3.63, 3.8) is 0 Å². The zero-order chi connectivity index (χ0) is 19.8. The Labute approximate surface area is 165 Å². The number of carbonyl (C=O) groups excluding carboxylic acids is 1. The molecule has 0 saturated heterocycles. The van der Waals surface area contributed by atoms with Crippen LogP contribution in [0.15, 0.2) is 54.6 Å². The van der Waals surface area contributed by atoms with Crippen LogP contribution in [0.5, 0.6) is 5.75 Å². The first kappa shape index (κ1) is 19.9. The molecular weight excluding hydrogens is 354 g/mol. The maximum absolute atomic E-state index is 12.2. The van der Waals surface area contributed by atoms with E-state index in [2.05, 4.69) is 5.32 Å². The number of hydrogen-bond donors (Lipinski definition) is 2.